The maximum Gasteiger partial charge on any atom is 0.286 e. The van der Waals surface area contributed by atoms with Gasteiger partial charge in [-0.1, -0.05) is 12.1 Å². The first-order chi connectivity index (χ1) is 14.6. The summed E-state index contributed by atoms with van der Waals surface area (Å²) in [5.41, 5.74) is 2.42. The van der Waals surface area contributed by atoms with E-state index in [2.05, 4.69) is 20.3 Å². The normalized spacial score (nSPS) is 12.9. The van der Waals surface area contributed by atoms with Crippen molar-refractivity contribution in [1.82, 2.24) is 15.0 Å². The number of carbonyl (C=O) groups excluding carboxylic acids is 3. The van der Waals surface area contributed by atoms with E-state index in [0.717, 1.165) is 4.90 Å². The van der Waals surface area contributed by atoms with Gasteiger partial charge in [-0.3, -0.25) is 19.4 Å². The van der Waals surface area contributed by atoms with Gasteiger partial charge in [0.15, 0.2) is 11.4 Å². The third-order valence-corrected chi connectivity index (χ3v) is 4.69. The molecular weight excluding hydrogens is 382 g/mol. The van der Waals surface area contributed by atoms with Crippen LogP contribution in [0.15, 0.2) is 73.1 Å². The van der Waals surface area contributed by atoms with Crippen molar-refractivity contribution in [2.45, 2.75) is 0 Å². The van der Waals surface area contributed by atoms with E-state index in [0.29, 0.717) is 28.0 Å². The van der Waals surface area contributed by atoms with Gasteiger partial charge in [0.05, 0.1) is 28.6 Å². The van der Waals surface area contributed by atoms with E-state index in [9.17, 15) is 14.4 Å². The topological polar surface area (TPSA) is 105 Å². The van der Waals surface area contributed by atoms with Crippen molar-refractivity contribution in [2.24, 2.45) is 0 Å². The predicted molar refractivity (Wildman–Crippen MR) is 109 cm³/mol. The first-order valence-electron chi connectivity index (χ1n) is 9.09. The van der Waals surface area contributed by atoms with Gasteiger partial charge in [0.2, 0.25) is 0 Å². The highest BCUT2D eigenvalue weighted by Crippen LogP contribution is 2.28. The van der Waals surface area contributed by atoms with Crippen molar-refractivity contribution in [3.63, 3.8) is 0 Å². The maximum atomic E-state index is 12.8. The van der Waals surface area contributed by atoms with Crippen molar-refractivity contribution in [3.05, 3.63) is 90.0 Å². The van der Waals surface area contributed by atoms with E-state index in [1.807, 2.05) is 0 Å². The van der Waals surface area contributed by atoms with Crippen LogP contribution in [0, 0.1) is 0 Å². The van der Waals surface area contributed by atoms with Crippen molar-refractivity contribution < 1.29 is 14.4 Å². The number of hydrogen-bond donors (Lipinski definition) is 1. The molecule has 0 unspecified atom stereocenters. The molecule has 0 spiro atoms. The monoisotopic (exact) mass is 395 g/mol. The molecule has 8 heteroatoms. The second-order valence-electron chi connectivity index (χ2n) is 6.60. The zero-order chi connectivity index (χ0) is 20.7. The lowest BCUT2D eigenvalue weighted by molar-refractivity contribution is 0.0922. The number of hydrogen-bond acceptors (Lipinski definition) is 6. The van der Waals surface area contributed by atoms with Crippen molar-refractivity contribution in [3.8, 4) is 0 Å². The lowest BCUT2D eigenvalue weighted by Crippen LogP contribution is -2.29. The molecule has 30 heavy (non-hydrogen) atoms. The fraction of sp³-hybridized carbons (Fsp3) is 0. The number of amides is 3. The molecule has 8 nitrogen and oxygen atoms in total. The molecule has 0 aliphatic carbocycles. The standard InChI is InChI=1S/C22H13N5O3/c28-20(24-14-4-3-11-23-12-14)13-7-9-15(10-8-13)27-21(29)18-19(22(27)30)26-17-6-2-1-5-16(17)25-18/h1-12H,(H,24,28). The van der Waals surface area contributed by atoms with E-state index < -0.39 is 11.8 Å². The van der Waals surface area contributed by atoms with Crippen LogP contribution in [0.25, 0.3) is 11.0 Å². The Balaban J connectivity index is 1.43. The van der Waals surface area contributed by atoms with Gasteiger partial charge in [0, 0.05) is 11.8 Å². The van der Waals surface area contributed by atoms with Gasteiger partial charge >= 0.3 is 0 Å². The number of pyridine rings is 1. The molecule has 1 aliphatic heterocycles. The summed E-state index contributed by atoms with van der Waals surface area (Å²) in [7, 11) is 0. The van der Waals surface area contributed by atoms with Gasteiger partial charge in [0.1, 0.15) is 0 Å². The molecule has 5 rings (SSSR count). The number of nitrogens with zero attached hydrogens (tertiary/aromatic N) is 4. The van der Waals surface area contributed by atoms with Crippen LogP contribution in [0.5, 0.6) is 0 Å². The number of benzene rings is 2. The number of carbonyl (C=O) groups is 3. The zero-order valence-corrected chi connectivity index (χ0v) is 15.4. The summed E-state index contributed by atoms with van der Waals surface area (Å²) in [5.74, 6) is -1.41. The fourth-order valence-corrected chi connectivity index (χ4v) is 3.24. The van der Waals surface area contributed by atoms with Gasteiger partial charge in [-0.15, -0.1) is 0 Å². The van der Waals surface area contributed by atoms with Crippen LogP contribution in [0.4, 0.5) is 11.4 Å². The number of aromatic nitrogens is 3. The smallest absolute Gasteiger partial charge is 0.286 e. The average molecular weight is 395 g/mol. The van der Waals surface area contributed by atoms with Crippen LogP contribution in [0.1, 0.15) is 31.3 Å². The van der Waals surface area contributed by atoms with Gasteiger partial charge in [-0.05, 0) is 48.5 Å². The first-order valence-corrected chi connectivity index (χ1v) is 9.09. The summed E-state index contributed by atoms with van der Waals surface area (Å²) >= 11 is 0. The van der Waals surface area contributed by atoms with Crippen LogP contribution in [0.2, 0.25) is 0 Å². The van der Waals surface area contributed by atoms with Gasteiger partial charge in [-0.25, -0.2) is 14.9 Å². The Hall–Kier alpha value is -4.46. The predicted octanol–water partition coefficient (Wildman–Crippen LogP) is 3.08. The Morgan fingerprint density at radius 3 is 2.00 bits per heavy atom. The molecule has 0 saturated carbocycles. The Kier molecular flexibility index (Phi) is 4.03. The minimum atomic E-state index is -0.541. The number of imide groups is 1. The van der Waals surface area contributed by atoms with E-state index in [4.69, 9.17) is 0 Å². The van der Waals surface area contributed by atoms with E-state index >= 15 is 0 Å². The summed E-state index contributed by atoms with van der Waals surface area (Å²) in [6.07, 6.45) is 3.15. The van der Waals surface area contributed by atoms with Crippen molar-refractivity contribution in [1.29, 1.82) is 0 Å². The summed E-state index contributed by atoms with van der Waals surface area (Å²) in [4.78, 5) is 51.6. The molecule has 0 radical (unpaired) electrons. The Labute approximate surface area is 170 Å². The molecule has 3 heterocycles. The SMILES string of the molecule is O=C(Nc1cccnc1)c1ccc(N2C(=O)c3nc4ccccc4nc3C2=O)cc1. The van der Waals surface area contributed by atoms with Crippen LogP contribution >= 0.6 is 0 Å². The minimum Gasteiger partial charge on any atom is -0.321 e. The van der Waals surface area contributed by atoms with Crippen molar-refractivity contribution >= 4 is 40.1 Å². The minimum absolute atomic E-state index is 0.0251. The average Bonchev–Trinajstić information content (AvgIpc) is 3.02. The van der Waals surface area contributed by atoms with Crippen LogP contribution in [-0.2, 0) is 0 Å². The molecule has 1 N–H and O–H groups in total. The zero-order valence-electron chi connectivity index (χ0n) is 15.4. The first kappa shape index (κ1) is 17.6. The Morgan fingerprint density at radius 1 is 0.800 bits per heavy atom. The Bertz CT molecular complexity index is 1270. The second kappa shape index (κ2) is 6.85. The number of para-hydroxylation sites is 2. The fourth-order valence-electron chi connectivity index (χ4n) is 3.24. The second-order valence-corrected chi connectivity index (χ2v) is 6.60. The molecule has 0 fully saturated rings. The molecule has 4 aromatic rings. The molecule has 0 saturated heterocycles. The molecular formula is C22H13N5O3. The largest absolute Gasteiger partial charge is 0.321 e. The van der Waals surface area contributed by atoms with Crippen molar-refractivity contribution in [2.75, 3.05) is 10.2 Å². The quantitative estimate of drug-likeness (QED) is 0.535. The van der Waals surface area contributed by atoms with Crippen LogP contribution in [0.3, 0.4) is 0 Å². The van der Waals surface area contributed by atoms with Crippen LogP contribution < -0.4 is 10.2 Å². The number of fused-ring (bicyclic) bond motifs is 2. The third-order valence-electron chi connectivity index (χ3n) is 4.69. The molecule has 2 aromatic heterocycles. The lowest BCUT2D eigenvalue weighted by Gasteiger charge is -2.13. The molecule has 0 atom stereocenters. The Morgan fingerprint density at radius 2 is 1.43 bits per heavy atom. The van der Waals surface area contributed by atoms with Gasteiger partial charge in [0.25, 0.3) is 17.7 Å². The highest BCUT2D eigenvalue weighted by molar-refractivity contribution is 6.33. The highest BCUT2D eigenvalue weighted by Gasteiger charge is 2.40. The summed E-state index contributed by atoms with van der Waals surface area (Å²) < 4.78 is 0. The van der Waals surface area contributed by atoms with E-state index in [1.54, 1.807) is 66.9 Å². The number of anilines is 2. The summed E-state index contributed by atoms with van der Waals surface area (Å²) in [6, 6.07) is 16.7. The summed E-state index contributed by atoms with van der Waals surface area (Å²) in [5, 5.41) is 2.73. The molecule has 1 aliphatic rings. The maximum absolute atomic E-state index is 12.8. The van der Waals surface area contributed by atoms with E-state index in [1.165, 1.54) is 6.20 Å². The molecule has 2 aromatic carbocycles. The molecule has 0 bridgehead atoms. The summed E-state index contributed by atoms with van der Waals surface area (Å²) in [6.45, 7) is 0. The van der Waals surface area contributed by atoms with E-state index in [-0.39, 0.29) is 17.3 Å². The number of nitrogens with one attached hydrogen (secondary N) is 1. The number of rotatable bonds is 3. The van der Waals surface area contributed by atoms with Crippen LogP contribution in [-0.4, -0.2) is 32.7 Å². The third kappa shape index (κ3) is 2.87. The highest BCUT2D eigenvalue weighted by atomic mass is 16.2. The molecule has 144 valence electrons. The van der Waals surface area contributed by atoms with Gasteiger partial charge in [-0.2, -0.15) is 0 Å². The molecule has 3 amide bonds. The lowest BCUT2D eigenvalue weighted by atomic mass is 10.2. The van der Waals surface area contributed by atoms with Gasteiger partial charge < -0.3 is 5.32 Å².